The number of aryl methyl sites for hydroxylation is 1. The summed E-state index contributed by atoms with van der Waals surface area (Å²) >= 11 is 5.88. The Hall–Kier alpha value is -1.26. The lowest BCUT2D eigenvalue weighted by Crippen LogP contribution is -2.31. The van der Waals surface area contributed by atoms with E-state index in [4.69, 9.17) is 16.3 Å². The third-order valence-electron chi connectivity index (χ3n) is 2.23. The highest BCUT2D eigenvalue weighted by atomic mass is 35.5. The second-order valence-corrected chi connectivity index (χ2v) is 4.40. The van der Waals surface area contributed by atoms with E-state index in [1.165, 1.54) is 0 Å². The first-order valence-corrected chi connectivity index (χ1v) is 5.69. The smallest absolute Gasteiger partial charge is 0.255 e. The molecule has 94 valence electrons. The van der Waals surface area contributed by atoms with Crippen LogP contribution in [0.1, 0.15) is 15.9 Å². The molecule has 1 rings (SSSR count). The van der Waals surface area contributed by atoms with Gasteiger partial charge in [-0.05, 0) is 24.6 Å². The van der Waals surface area contributed by atoms with Gasteiger partial charge in [-0.3, -0.25) is 4.79 Å². The molecule has 0 aromatic heterocycles. The van der Waals surface area contributed by atoms with Crippen LogP contribution in [0.3, 0.4) is 0 Å². The number of hydrogen-bond donors (Lipinski definition) is 2. The van der Waals surface area contributed by atoms with Crippen molar-refractivity contribution >= 4 is 17.5 Å². The molecule has 0 saturated heterocycles. The number of halogens is 1. The Morgan fingerprint density at radius 3 is 2.88 bits per heavy atom. The van der Waals surface area contributed by atoms with Crippen molar-refractivity contribution in [3.05, 3.63) is 29.3 Å². The molecule has 1 atom stereocenters. The van der Waals surface area contributed by atoms with E-state index in [2.05, 4.69) is 5.32 Å². The van der Waals surface area contributed by atoms with Gasteiger partial charge >= 0.3 is 0 Å². The Kier molecular flexibility index (Phi) is 5.25. The summed E-state index contributed by atoms with van der Waals surface area (Å²) < 4.78 is 4.85. The number of hydrogen-bond acceptors (Lipinski definition) is 3. The van der Waals surface area contributed by atoms with Crippen molar-refractivity contribution in [2.75, 3.05) is 20.3 Å². The number of phenols is 1. The highest BCUT2D eigenvalue weighted by molar-refractivity contribution is 6.21. The zero-order valence-electron chi connectivity index (χ0n) is 9.87. The van der Waals surface area contributed by atoms with Crippen molar-refractivity contribution in [1.29, 1.82) is 0 Å². The van der Waals surface area contributed by atoms with Gasteiger partial charge in [0.1, 0.15) is 5.75 Å². The lowest BCUT2D eigenvalue weighted by molar-refractivity contribution is 0.0946. The predicted molar refractivity (Wildman–Crippen MR) is 66.7 cm³/mol. The second kappa shape index (κ2) is 6.47. The summed E-state index contributed by atoms with van der Waals surface area (Å²) in [6.07, 6.45) is 0. The van der Waals surface area contributed by atoms with Crippen LogP contribution in [0.4, 0.5) is 0 Å². The quantitative estimate of drug-likeness (QED) is 0.789. The topological polar surface area (TPSA) is 58.6 Å². The maximum atomic E-state index is 11.7. The molecular formula is C12H16ClNO3. The normalized spacial score (nSPS) is 12.2. The zero-order valence-corrected chi connectivity index (χ0v) is 10.6. The number of ether oxygens (including phenoxy) is 1. The van der Waals surface area contributed by atoms with Gasteiger partial charge in [0.2, 0.25) is 0 Å². The third kappa shape index (κ3) is 4.24. The van der Waals surface area contributed by atoms with E-state index in [1.807, 2.05) is 6.92 Å². The summed E-state index contributed by atoms with van der Waals surface area (Å²) in [6.45, 7) is 2.50. The van der Waals surface area contributed by atoms with Gasteiger partial charge in [0.05, 0.1) is 17.5 Å². The molecule has 0 aliphatic heterocycles. The van der Waals surface area contributed by atoms with Crippen LogP contribution in [0.25, 0.3) is 0 Å². The van der Waals surface area contributed by atoms with Crippen LogP contribution in [0.5, 0.6) is 5.75 Å². The highest BCUT2D eigenvalue weighted by Crippen LogP contribution is 2.18. The first-order valence-electron chi connectivity index (χ1n) is 5.25. The molecule has 0 saturated carbocycles. The number of alkyl halides is 1. The molecule has 17 heavy (non-hydrogen) atoms. The minimum atomic E-state index is -0.343. The zero-order chi connectivity index (χ0) is 12.8. The number of methoxy groups -OCH3 is 1. The van der Waals surface area contributed by atoms with Gasteiger partial charge < -0.3 is 15.2 Å². The standard InChI is InChI=1S/C12H16ClNO3/c1-8-3-4-10(11(15)5-8)12(16)14-6-9(13)7-17-2/h3-5,9,15H,6-7H2,1-2H3,(H,14,16). The number of nitrogens with one attached hydrogen (secondary N) is 1. The van der Waals surface area contributed by atoms with Gasteiger partial charge in [0.25, 0.3) is 5.91 Å². The molecule has 1 aromatic rings. The second-order valence-electron chi connectivity index (χ2n) is 3.78. The third-order valence-corrected chi connectivity index (χ3v) is 2.51. The van der Waals surface area contributed by atoms with Gasteiger partial charge in [-0.25, -0.2) is 0 Å². The average Bonchev–Trinajstić information content (AvgIpc) is 2.26. The van der Waals surface area contributed by atoms with Crippen LogP contribution in [0, 0.1) is 6.92 Å². The first-order chi connectivity index (χ1) is 8.04. The maximum absolute atomic E-state index is 11.7. The fourth-order valence-electron chi connectivity index (χ4n) is 1.37. The van der Waals surface area contributed by atoms with Crippen molar-refractivity contribution in [2.24, 2.45) is 0 Å². The van der Waals surface area contributed by atoms with Crippen molar-refractivity contribution < 1.29 is 14.6 Å². The molecule has 0 heterocycles. The summed E-state index contributed by atoms with van der Waals surface area (Å²) in [6, 6.07) is 4.89. The van der Waals surface area contributed by atoms with Gasteiger partial charge in [-0.1, -0.05) is 6.07 Å². The molecule has 0 aliphatic rings. The van der Waals surface area contributed by atoms with E-state index in [0.29, 0.717) is 13.2 Å². The summed E-state index contributed by atoms with van der Waals surface area (Å²) in [5, 5.41) is 12.0. The van der Waals surface area contributed by atoms with E-state index in [0.717, 1.165) is 5.56 Å². The van der Waals surface area contributed by atoms with E-state index >= 15 is 0 Å². The van der Waals surface area contributed by atoms with Crippen molar-refractivity contribution in [3.63, 3.8) is 0 Å². The number of carbonyl (C=O) groups excluding carboxylic acids is 1. The molecule has 0 fully saturated rings. The number of benzene rings is 1. The van der Waals surface area contributed by atoms with Crippen molar-refractivity contribution in [1.82, 2.24) is 5.32 Å². The molecule has 1 unspecified atom stereocenters. The van der Waals surface area contributed by atoms with Crippen molar-refractivity contribution in [2.45, 2.75) is 12.3 Å². The summed E-state index contributed by atoms with van der Waals surface area (Å²) in [5.41, 5.74) is 1.14. The van der Waals surface area contributed by atoms with Crippen LogP contribution >= 0.6 is 11.6 Å². The van der Waals surface area contributed by atoms with Gasteiger partial charge in [0, 0.05) is 13.7 Å². The monoisotopic (exact) mass is 257 g/mol. The molecule has 5 heteroatoms. The first kappa shape index (κ1) is 13.8. The van der Waals surface area contributed by atoms with Gasteiger partial charge in [-0.2, -0.15) is 0 Å². The van der Waals surface area contributed by atoms with Gasteiger partial charge in [0.15, 0.2) is 0 Å². The SMILES string of the molecule is COCC(Cl)CNC(=O)c1ccc(C)cc1O. The molecule has 2 N–H and O–H groups in total. The van der Waals surface area contributed by atoms with Crippen molar-refractivity contribution in [3.8, 4) is 5.75 Å². The minimum absolute atomic E-state index is 0.0274. The fraction of sp³-hybridized carbons (Fsp3) is 0.417. The fourth-order valence-corrected chi connectivity index (χ4v) is 1.58. The molecule has 0 bridgehead atoms. The molecule has 1 aromatic carbocycles. The Morgan fingerprint density at radius 1 is 1.59 bits per heavy atom. The minimum Gasteiger partial charge on any atom is -0.507 e. The van der Waals surface area contributed by atoms with E-state index in [9.17, 15) is 9.90 Å². The largest absolute Gasteiger partial charge is 0.507 e. The van der Waals surface area contributed by atoms with E-state index in [-0.39, 0.29) is 22.6 Å². The summed E-state index contributed by atoms with van der Waals surface area (Å²) in [5.74, 6) is -0.371. The van der Waals surface area contributed by atoms with Crippen LogP contribution in [0.2, 0.25) is 0 Å². The molecular weight excluding hydrogens is 242 g/mol. The highest BCUT2D eigenvalue weighted by Gasteiger charge is 2.12. The predicted octanol–water partition coefficient (Wildman–Crippen LogP) is 1.68. The summed E-state index contributed by atoms with van der Waals surface area (Å²) in [4.78, 5) is 11.7. The Bertz CT molecular complexity index is 395. The van der Waals surface area contributed by atoms with Crippen LogP contribution in [-0.4, -0.2) is 36.7 Å². The Balaban J connectivity index is 2.58. The number of phenolic OH excluding ortho intramolecular Hbond substituents is 1. The van der Waals surface area contributed by atoms with Crippen LogP contribution < -0.4 is 5.32 Å². The molecule has 1 amide bonds. The van der Waals surface area contributed by atoms with E-state index < -0.39 is 0 Å². The Morgan fingerprint density at radius 2 is 2.29 bits per heavy atom. The number of rotatable bonds is 5. The summed E-state index contributed by atoms with van der Waals surface area (Å²) in [7, 11) is 1.54. The molecule has 0 aliphatic carbocycles. The lowest BCUT2D eigenvalue weighted by Gasteiger charge is -2.10. The number of aromatic hydroxyl groups is 1. The Labute approximate surface area is 106 Å². The van der Waals surface area contributed by atoms with Crippen LogP contribution in [0.15, 0.2) is 18.2 Å². The average molecular weight is 258 g/mol. The van der Waals surface area contributed by atoms with E-state index in [1.54, 1.807) is 25.3 Å². The molecule has 4 nitrogen and oxygen atoms in total. The number of carbonyl (C=O) groups is 1. The molecule has 0 radical (unpaired) electrons. The number of amides is 1. The maximum Gasteiger partial charge on any atom is 0.255 e. The lowest BCUT2D eigenvalue weighted by atomic mass is 10.1. The molecule has 0 spiro atoms. The van der Waals surface area contributed by atoms with Crippen LogP contribution in [-0.2, 0) is 4.74 Å². The van der Waals surface area contributed by atoms with Gasteiger partial charge in [-0.15, -0.1) is 11.6 Å².